The summed E-state index contributed by atoms with van der Waals surface area (Å²) in [6.07, 6.45) is 0. The molecule has 1 unspecified atom stereocenters. The smallest absolute Gasteiger partial charge is 0.295 e. The third-order valence-electron chi connectivity index (χ3n) is 6.69. The summed E-state index contributed by atoms with van der Waals surface area (Å²) in [6.45, 7) is 2.71. The molecule has 4 aromatic carbocycles. The molecule has 6 rings (SSSR count). The summed E-state index contributed by atoms with van der Waals surface area (Å²) in [7, 11) is 0. The number of nitrogens with zero attached hydrogens (tertiary/aromatic N) is 1. The second-order valence-electron chi connectivity index (χ2n) is 9.14. The molecule has 0 fully saturated rings. The van der Waals surface area contributed by atoms with Crippen LogP contribution in [0.3, 0.4) is 0 Å². The molecule has 0 saturated heterocycles. The summed E-state index contributed by atoms with van der Waals surface area (Å²) in [5.41, 5.74) is 2.82. The number of halogens is 1. The Kier molecular flexibility index (Phi) is 6.67. The average Bonchev–Trinajstić information content (AvgIpc) is 3.26. The lowest BCUT2D eigenvalue weighted by atomic mass is 9.97. The zero-order valence-electron chi connectivity index (χ0n) is 21.1. The minimum Gasteiger partial charge on any atom is -0.490 e. The summed E-state index contributed by atoms with van der Waals surface area (Å²) < 4.78 is 18.9. The van der Waals surface area contributed by atoms with Crippen molar-refractivity contribution in [1.29, 1.82) is 0 Å². The van der Waals surface area contributed by atoms with Gasteiger partial charge >= 0.3 is 0 Å². The van der Waals surface area contributed by atoms with Crippen molar-refractivity contribution < 1.29 is 18.7 Å². The Balaban J connectivity index is 1.50. The molecule has 194 valence electrons. The van der Waals surface area contributed by atoms with E-state index in [1.165, 1.54) is 0 Å². The molecule has 0 N–H and O–H groups in total. The van der Waals surface area contributed by atoms with E-state index in [0.29, 0.717) is 52.5 Å². The van der Waals surface area contributed by atoms with Crippen LogP contribution in [-0.4, -0.2) is 12.5 Å². The van der Waals surface area contributed by atoms with Crippen molar-refractivity contribution in [2.75, 3.05) is 11.5 Å². The number of anilines is 1. The van der Waals surface area contributed by atoms with Crippen molar-refractivity contribution in [3.63, 3.8) is 0 Å². The highest BCUT2D eigenvalue weighted by Crippen LogP contribution is 2.43. The summed E-state index contributed by atoms with van der Waals surface area (Å²) in [6, 6.07) is 29.2. The van der Waals surface area contributed by atoms with E-state index < -0.39 is 6.04 Å². The van der Waals surface area contributed by atoms with E-state index in [4.69, 9.17) is 13.9 Å². The largest absolute Gasteiger partial charge is 0.490 e. The van der Waals surface area contributed by atoms with Gasteiger partial charge in [-0.2, -0.15) is 0 Å². The quantitative estimate of drug-likeness (QED) is 0.202. The monoisotopic (exact) mass is 581 g/mol. The van der Waals surface area contributed by atoms with Crippen molar-refractivity contribution >= 4 is 38.5 Å². The average molecular weight is 582 g/mol. The Morgan fingerprint density at radius 1 is 0.846 bits per heavy atom. The molecular weight excluding hydrogens is 558 g/mol. The van der Waals surface area contributed by atoms with Gasteiger partial charge in [-0.1, -0.05) is 70.5 Å². The van der Waals surface area contributed by atoms with Crippen LogP contribution >= 0.6 is 15.9 Å². The van der Waals surface area contributed by atoms with Crippen molar-refractivity contribution in [2.45, 2.75) is 19.6 Å². The lowest BCUT2D eigenvalue weighted by molar-refractivity contribution is 0.0971. The van der Waals surface area contributed by atoms with Crippen molar-refractivity contribution in [3.8, 4) is 11.5 Å². The number of carbonyl (C=O) groups excluding carboxylic acids is 1. The molecule has 1 aromatic heterocycles. The fourth-order valence-corrected chi connectivity index (χ4v) is 5.29. The number of carbonyl (C=O) groups is 1. The maximum atomic E-state index is 13.9. The minimum absolute atomic E-state index is 0.0473. The van der Waals surface area contributed by atoms with Gasteiger partial charge in [0.15, 0.2) is 16.9 Å². The Hall–Kier alpha value is -4.36. The topological polar surface area (TPSA) is 69.0 Å². The van der Waals surface area contributed by atoms with Crippen LogP contribution in [0.1, 0.15) is 40.2 Å². The maximum Gasteiger partial charge on any atom is 0.295 e. The third kappa shape index (κ3) is 4.59. The SMILES string of the molecule is CCOc1cc(C2c3c(oc4ccc(Br)cc4c3=O)C(=O)N2c2ccccc2)ccc1OCc1ccccc1. The van der Waals surface area contributed by atoms with Crippen molar-refractivity contribution in [3.05, 3.63) is 134 Å². The van der Waals surface area contributed by atoms with E-state index >= 15 is 0 Å². The van der Waals surface area contributed by atoms with Gasteiger partial charge in [-0.15, -0.1) is 0 Å². The van der Waals surface area contributed by atoms with E-state index in [9.17, 15) is 9.59 Å². The number of fused-ring (bicyclic) bond motifs is 2. The first-order valence-electron chi connectivity index (χ1n) is 12.6. The van der Waals surface area contributed by atoms with Crippen LogP contribution in [0.2, 0.25) is 0 Å². The second-order valence-corrected chi connectivity index (χ2v) is 10.1. The van der Waals surface area contributed by atoms with Gasteiger partial charge in [0.05, 0.1) is 23.6 Å². The molecule has 0 spiro atoms. The molecule has 1 amide bonds. The Bertz CT molecular complexity index is 1730. The van der Waals surface area contributed by atoms with Gasteiger partial charge in [-0.05, 0) is 60.5 Å². The fraction of sp³-hybridized carbons (Fsp3) is 0.125. The van der Waals surface area contributed by atoms with E-state index in [-0.39, 0.29) is 17.1 Å². The van der Waals surface area contributed by atoms with Gasteiger partial charge < -0.3 is 13.9 Å². The lowest BCUT2D eigenvalue weighted by Crippen LogP contribution is -2.29. The Labute approximate surface area is 233 Å². The molecule has 0 radical (unpaired) electrons. The number of amides is 1. The zero-order chi connectivity index (χ0) is 26.9. The molecule has 1 aliphatic rings. The first kappa shape index (κ1) is 24.9. The number of hydrogen-bond acceptors (Lipinski definition) is 5. The minimum atomic E-state index is -0.711. The van der Waals surface area contributed by atoms with Crippen LogP contribution in [0.5, 0.6) is 11.5 Å². The van der Waals surface area contributed by atoms with Crippen LogP contribution in [0.25, 0.3) is 11.0 Å². The van der Waals surface area contributed by atoms with E-state index in [2.05, 4.69) is 15.9 Å². The molecular formula is C32H24BrNO5. The zero-order valence-corrected chi connectivity index (χ0v) is 22.7. The van der Waals surface area contributed by atoms with Gasteiger partial charge in [-0.25, -0.2) is 0 Å². The van der Waals surface area contributed by atoms with Crippen molar-refractivity contribution in [2.24, 2.45) is 0 Å². The molecule has 6 nitrogen and oxygen atoms in total. The first-order valence-corrected chi connectivity index (χ1v) is 13.4. The highest BCUT2D eigenvalue weighted by Gasteiger charge is 2.44. The number of para-hydroxylation sites is 1. The summed E-state index contributed by atoms with van der Waals surface area (Å²) >= 11 is 3.45. The van der Waals surface area contributed by atoms with Crippen molar-refractivity contribution in [1.82, 2.24) is 0 Å². The summed E-state index contributed by atoms with van der Waals surface area (Å²) in [4.78, 5) is 29.3. The molecule has 39 heavy (non-hydrogen) atoms. The normalized spacial score (nSPS) is 14.5. The van der Waals surface area contributed by atoms with E-state index in [1.54, 1.807) is 23.1 Å². The van der Waals surface area contributed by atoms with Gasteiger partial charge in [-0.3, -0.25) is 14.5 Å². The fourth-order valence-electron chi connectivity index (χ4n) is 4.93. The Morgan fingerprint density at radius 3 is 2.33 bits per heavy atom. The number of hydrogen-bond donors (Lipinski definition) is 0. The van der Waals surface area contributed by atoms with Gasteiger partial charge in [0.1, 0.15) is 12.2 Å². The van der Waals surface area contributed by atoms with Gasteiger partial charge in [0.25, 0.3) is 5.91 Å². The van der Waals surface area contributed by atoms with Crippen LogP contribution in [0.15, 0.2) is 111 Å². The lowest BCUT2D eigenvalue weighted by Gasteiger charge is -2.26. The number of ether oxygens (including phenoxy) is 2. The molecule has 1 atom stereocenters. The van der Waals surface area contributed by atoms with Gasteiger partial charge in [0.2, 0.25) is 5.76 Å². The number of benzene rings is 4. The van der Waals surface area contributed by atoms with E-state index in [1.807, 2.05) is 85.8 Å². The van der Waals surface area contributed by atoms with Crippen LogP contribution in [-0.2, 0) is 6.61 Å². The highest BCUT2D eigenvalue weighted by molar-refractivity contribution is 9.10. The summed E-state index contributed by atoms with van der Waals surface area (Å²) in [5, 5.41) is 0.406. The van der Waals surface area contributed by atoms with E-state index in [0.717, 1.165) is 10.0 Å². The Morgan fingerprint density at radius 2 is 1.59 bits per heavy atom. The van der Waals surface area contributed by atoms with Crippen LogP contribution in [0, 0.1) is 0 Å². The molecule has 0 aliphatic carbocycles. The predicted octanol–water partition coefficient (Wildman–Crippen LogP) is 7.28. The summed E-state index contributed by atoms with van der Waals surface area (Å²) in [5.74, 6) is 0.791. The molecule has 7 heteroatoms. The van der Waals surface area contributed by atoms with Crippen LogP contribution in [0.4, 0.5) is 5.69 Å². The first-order chi connectivity index (χ1) is 19.0. The molecule has 2 heterocycles. The standard InChI is InChI=1S/C32H24BrNO5/c1-2-37-27-17-21(13-15-26(27)38-19-20-9-5-3-6-10-20)29-28-30(35)24-18-22(33)14-16-25(24)39-31(28)32(36)34(29)23-11-7-4-8-12-23/h3-18,29H,2,19H2,1H3. The van der Waals surface area contributed by atoms with Crippen LogP contribution < -0.4 is 19.8 Å². The highest BCUT2D eigenvalue weighted by atomic mass is 79.9. The maximum absolute atomic E-state index is 13.9. The predicted molar refractivity (Wildman–Crippen MR) is 154 cm³/mol. The second kappa shape index (κ2) is 10.4. The molecule has 5 aromatic rings. The number of rotatable bonds is 7. The van der Waals surface area contributed by atoms with Gasteiger partial charge in [0, 0.05) is 10.2 Å². The molecule has 0 saturated carbocycles. The third-order valence-corrected chi connectivity index (χ3v) is 7.18. The molecule has 1 aliphatic heterocycles. The molecule has 0 bridgehead atoms.